The number of ketones is 1. The maximum atomic E-state index is 11.7. The fourth-order valence-corrected chi connectivity index (χ4v) is 2.17. The molecule has 1 fully saturated rings. The molecule has 1 aliphatic carbocycles. The van der Waals surface area contributed by atoms with Gasteiger partial charge in [-0.2, -0.15) is 0 Å². The number of Topliss-reactive ketones (excluding diaryl/α,β-unsaturated/α-hetero) is 1. The van der Waals surface area contributed by atoms with Gasteiger partial charge in [0.1, 0.15) is 11.9 Å². The van der Waals surface area contributed by atoms with Gasteiger partial charge in [-0.3, -0.25) is 4.79 Å². The molecular weight excluding hydrogens is 194 g/mol. The lowest BCUT2D eigenvalue weighted by Gasteiger charge is -2.27. The van der Waals surface area contributed by atoms with Crippen molar-refractivity contribution in [1.82, 2.24) is 5.32 Å². The average molecular weight is 209 g/mol. The lowest BCUT2D eigenvalue weighted by molar-refractivity contribution is -0.122. The minimum atomic E-state index is -1.08. The largest absolute Gasteiger partial charge is 0.508 e. The van der Waals surface area contributed by atoms with E-state index in [0.29, 0.717) is 5.57 Å². The maximum absolute atomic E-state index is 11.7. The second-order valence-electron chi connectivity index (χ2n) is 3.99. The highest BCUT2D eigenvalue weighted by atomic mass is 16.3. The molecule has 0 radical (unpaired) electrons. The fraction of sp³-hybridized carbons (Fsp3) is 0.545. The van der Waals surface area contributed by atoms with Crippen molar-refractivity contribution in [1.29, 1.82) is 0 Å². The Morgan fingerprint density at radius 1 is 1.33 bits per heavy atom. The summed E-state index contributed by atoms with van der Waals surface area (Å²) in [6.45, 7) is 1.71. The van der Waals surface area contributed by atoms with Crippen molar-refractivity contribution >= 4 is 5.78 Å². The molecule has 1 unspecified atom stereocenters. The van der Waals surface area contributed by atoms with Gasteiger partial charge in [0.2, 0.25) is 0 Å². The zero-order valence-electron chi connectivity index (χ0n) is 8.44. The summed E-state index contributed by atoms with van der Waals surface area (Å²) >= 11 is 0. The third-order valence-corrected chi connectivity index (χ3v) is 2.99. The summed E-state index contributed by atoms with van der Waals surface area (Å²) in [4.78, 5) is 11.7. The van der Waals surface area contributed by atoms with Crippen LogP contribution in [0.2, 0.25) is 0 Å². The van der Waals surface area contributed by atoms with E-state index < -0.39 is 6.10 Å². The van der Waals surface area contributed by atoms with Crippen molar-refractivity contribution in [3.8, 4) is 0 Å². The van der Waals surface area contributed by atoms with Crippen LogP contribution in [0.25, 0.3) is 0 Å². The Bertz CT molecular complexity index is 327. The molecule has 2 rings (SSSR count). The summed E-state index contributed by atoms with van der Waals surface area (Å²) in [5.41, 5.74) is 0.409. The van der Waals surface area contributed by atoms with Crippen molar-refractivity contribution in [3.05, 3.63) is 23.5 Å². The first-order valence-corrected chi connectivity index (χ1v) is 5.24. The molecule has 4 heteroatoms. The van der Waals surface area contributed by atoms with E-state index in [1.54, 1.807) is 0 Å². The molecule has 3 N–H and O–H groups in total. The molecule has 1 atom stereocenters. The smallest absolute Gasteiger partial charge is 0.195 e. The van der Waals surface area contributed by atoms with E-state index in [1.807, 2.05) is 0 Å². The number of rotatable bonds is 1. The number of allylic oxidation sites excluding steroid dienone is 1. The van der Waals surface area contributed by atoms with Crippen LogP contribution in [-0.2, 0) is 4.79 Å². The third kappa shape index (κ3) is 1.96. The van der Waals surface area contributed by atoms with Crippen molar-refractivity contribution in [2.24, 2.45) is 5.92 Å². The molecule has 2 aliphatic rings. The molecule has 1 aliphatic heterocycles. The van der Waals surface area contributed by atoms with Crippen LogP contribution < -0.4 is 5.32 Å². The standard InChI is InChI=1S/C11H15NO3/c13-8-1-2-9(14)11(15)10(8)7-3-5-12-6-4-7/h1-2,7,9,12-14H,3-6H2. The van der Waals surface area contributed by atoms with Crippen molar-refractivity contribution in [3.63, 3.8) is 0 Å². The van der Waals surface area contributed by atoms with Gasteiger partial charge in [0.15, 0.2) is 5.78 Å². The van der Waals surface area contributed by atoms with E-state index in [9.17, 15) is 15.0 Å². The molecule has 0 spiro atoms. The monoisotopic (exact) mass is 209 g/mol. The molecule has 0 aromatic carbocycles. The summed E-state index contributed by atoms with van der Waals surface area (Å²) in [6, 6.07) is 0. The van der Waals surface area contributed by atoms with Gasteiger partial charge in [-0.1, -0.05) is 0 Å². The highest BCUT2D eigenvalue weighted by Crippen LogP contribution is 2.28. The molecule has 0 aromatic heterocycles. The minimum Gasteiger partial charge on any atom is -0.508 e. The molecule has 0 saturated carbocycles. The van der Waals surface area contributed by atoms with Gasteiger partial charge in [0, 0.05) is 5.57 Å². The van der Waals surface area contributed by atoms with Gasteiger partial charge in [0.05, 0.1) is 0 Å². The second kappa shape index (κ2) is 4.16. The lowest BCUT2D eigenvalue weighted by atomic mass is 9.83. The van der Waals surface area contributed by atoms with E-state index in [1.165, 1.54) is 12.2 Å². The first-order valence-electron chi connectivity index (χ1n) is 5.24. The van der Waals surface area contributed by atoms with E-state index >= 15 is 0 Å². The zero-order valence-corrected chi connectivity index (χ0v) is 8.44. The van der Waals surface area contributed by atoms with Crippen LogP contribution in [0.1, 0.15) is 12.8 Å². The Kier molecular flexibility index (Phi) is 2.88. The van der Waals surface area contributed by atoms with Gasteiger partial charge in [0.25, 0.3) is 0 Å². The Balaban J connectivity index is 2.24. The number of aliphatic hydroxyl groups excluding tert-OH is 2. The number of carbonyl (C=O) groups is 1. The van der Waals surface area contributed by atoms with E-state index in [-0.39, 0.29) is 17.5 Å². The highest BCUT2D eigenvalue weighted by Gasteiger charge is 2.31. The fourth-order valence-electron chi connectivity index (χ4n) is 2.17. The summed E-state index contributed by atoms with van der Waals surface area (Å²) < 4.78 is 0. The van der Waals surface area contributed by atoms with Gasteiger partial charge < -0.3 is 15.5 Å². The summed E-state index contributed by atoms with van der Waals surface area (Å²) in [5.74, 6) is -0.238. The van der Waals surface area contributed by atoms with Crippen LogP contribution in [0.15, 0.2) is 23.5 Å². The van der Waals surface area contributed by atoms with Gasteiger partial charge in [-0.05, 0) is 44.0 Å². The number of nitrogens with one attached hydrogen (secondary N) is 1. The van der Waals surface area contributed by atoms with Crippen molar-refractivity contribution < 1.29 is 15.0 Å². The van der Waals surface area contributed by atoms with Gasteiger partial charge in [-0.25, -0.2) is 0 Å². The maximum Gasteiger partial charge on any atom is 0.195 e. The van der Waals surface area contributed by atoms with Gasteiger partial charge >= 0.3 is 0 Å². The predicted molar refractivity (Wildman–Crippen MR) is 55.4 cm³/mol. The molecular formula is C11H15NO3. The lowest BCUT2D eigenvalue weighted by Crippen LogP contribution is -2.34. The SMILES string of the molecule is O=C1C(C2CCNCC2)=C(O)C=CC1O. The molecule has 0 amide bonds. The molecule has 0 aromatic rings. The Morgan fingerprint density at radius 2 is 2.00 bits per heavy atom. The molecule has 1 heterocycles. The Labute approximate surface area is 88.3 Å². The van der Waals surface area contributed by atoms with Crippen LogP contribution in [-0.4, -0.2) is 35.2 Å². The van der Waals surface area contributed by atoms with Crippen LogP contribution >= 0.6 is 0 Å². The van der Waals surface area contributed by atoms with E-state index in [4.69, 9.17) is 0 Å². The Hall–Kier alpha value is -1.13. The highest BCUT2D eigenvalue weighted by molar-refractivity contribution is 6.02. The number of piperidine rings is 1. The van der Waals surface area contributed by atoms with Crippen molar-refractivity contribution in [2.75, 3.05) is 13.1 Å². The molecule has 82 valence electrons. The van der Waals surface area contributed by atoms with Crippen LogP contribution in [0.3, 0.4) is 0 Å². The Morgan fingerprint density at radius 3 is 2.67 bits per heavy atom. The first kappa shape index (κ1) is 10.4. The molecule has 1 saturated heterocycles. The van der Waals surface area contributed by atoms with Crippen LogP contribution in [0.5, 0.6) is 0 Å². The number of carbonyl (C=O) groups excluding carboxylic acids is 1. The molecule has 15 heavy (non-hydrogen) atoms. The molecule has 4 nitrogen and oxygen atoms in total. The predicted octanol–water partition coefficient (Wildman–Crippen LogP) is 0.298. The molecule has 0 bridgehead atoms. The number of aliphatic hydroxyl groups is 2. The summed E-state index contributed by atoms with van der Waals surface area (Å²) in [7, 11) is 0. The number of hydrogen-bond acceptors (Lipinski definition) is 4. The quantitative estimate of drug-likeness (QED) is 0.581. The topological polar surface area (TPSA) is 69.6 Å². The minimum absolute atomic E-state index is 0.0252. The third-order valence-electron chi connectivity index (χ3n) is 2.99. The van der Waals surface area contributed by atoms with E-state index in [0.717, 1.165) is 25.9 Å². The zero-order chi connectivity index (χ0) is 10.8. The number of hydrogen-bond donors (Lipinski definition) is 3. The van der Waals surface area contributed by atoms with Crippen LogP contribution in [0, 0.1) is 5.92 Å². The van der Waals surface area contributed by atoms with E-state index in [2.05, 4.69) is 5.32 Å². The second-order valence-corrected chi connectivity index (χ2v) is 3.99. The first-order chi connectivity index (χ1) is 7.20. The normalized spacial score (nSPS) is 28.6. The summed E-state index contributed by atoms with van der Waals surface area (Å²) in [5, 5.41) is 22.2. The van der Waals surface area contributed by atoms with Crippen molar-refractivity contribution in [2.45, 2.75) is 18.9 Å². The average Bonchev–Trinajstić information content (AvgIpc) is 2.26. The summed E-state index contributed by atoms with van der Waals surface area (Å²) in [6.07, 6.45) is 3.34. The van der Waals surface area contributed by atoms with Gasteiger partial charge in [-0.15, -0.1) is 0 Å². The van der Waals surface area contributed by atoms with Crippen LogP contribution in [0.4, 0.5) is 0 Å².